The summed E-state index contributed by atoms with van der Waals surface area (Å²) in [6.07, 6.45) is 2.64. The average Bonchev–Trinajstić information content (AvgIpc) is 2.85. The maximum absolute atomic E-state index is 6.34. The lowest BCUT2D eigenvalue weighted by Crippen LogP contribution is -2.03. The molecule has 4 heteroatoms. The molecule has 0 unspecified atom stereocenters. The normalized spacial score (nSPS) is 11.2. The number of aromatic nitrogens is 2. The summed E-state index contributed by atoms with van der Waals surface area (Å²) in [5.74, 6) is 0. The summed E-state index contributed by atoms with van der Waals surface area (Å²) in [6.45, 7) is 4.82. The van der Waals surface area contributed by atoms with Gasteiger partial charge in [0.1, 0.15) is 6.33 Å². The minimum atomic E-state index is 0.603. The van der Waals surface area contributed by atoms with Crippen molar-refractivity contribution in [3.63, 3.8) is 0 Å². The van der Waals surface area contributed by atoms with Crippen molar-refractivity contribution in [1.29, 1.82) is 0 Å². The molecule has 21 heavy (non-hydrogen) atoms. The van der Waals surface area contributed by atoms with Gasteiger partial charge in [-0.25, -0.2) is 4.98 Å². The first kappa shape index (κ1) is 14.1. The molecule has 0 fully saturated rings. The molecule has 0 aliphatic rings. The van der Waals surface area contributed by atoms with Crippen LogP contribution in [0.3, 0.4) is 0 Å². The Morgan fingerprint density at radius 3 is 2.62 bits per heavy atom. The van der Waals surface area contributed by atoms with E-state index in [0.717, 1.165) is 33.7 Å². The summed E-state index contributed by atoms with van der Waals surface area (Å²) < 4.78 is 2.07. The van der Waals surface area contributed by atoms with Gasteiger partial charge in [-0.05, 0) is 67.8 Å². The summed E-state index contributed by atoms with van der Waals surface area (Å²) in [5, 5.41) is 0.753. The number of hydrogen-bond acceptors (Lipinski definition) is 2. The molecule has 0 radical (unpaired) electrons. The van der Waals surface area contributed by atoms with Crippen molar-refractivity contribution >= 4 is 22.6 Å². The maximum atomic E-state index is 6.34. The van der Waals surface area contributed by atoms with E-state index in [2.05, 4.69) is 41.6 Å². The first-order chi connectivity index (χ1) is 10.1. The zero-order valence-corrected chi connectivity index (χ0v) is 13.0. The van der Waals surface area contributed by atoms with Crippen LogP contribution in [0.15, 0.2) is 36.7 Å². The minimum Gasteiger partial charge on any atom is -0.330 e. The highest BCUT2D eigenvalue weighted by Gasteiger charge is 2.08. The van der Waals surface area contributed by atoms with Gasteiger partial charge in [0.2, 0.25) is 0 Å². The molecule has 2 aromatic carbocycles. The predicted molar refractivity (Wildman–Crippen MR) is 88.3 cm³/mol. The van der Waals surface area contributed by atoms with E-state index in [9.17, 15) is 0 Å². The Balaban J connectivity index is 2.12. The molecule has 0 aliphatic carbocycles. The summed E-state index contributed by atoms with van der Waals surface area (Å²) >= 11 is 6.34. The second kappa shape index (κ2) is 5.51. The third kappa shape index (κ3) is 2.55. The minimum absolute atomic E-state index is 0.603. The lowest BCUT2D eigenvalue weighted by molar-refractivity contribution is 0.966. The van der Waals surface area contributed by atoms with Crippen LogP contribution in [-0.4, -0.2) is 16.1 Å². The zero-order chi connectivity index (χ0) is 15.0. The molecule has 0 spiro atoms. The molecule has 2 N–H and O–H groups in total. The maximum Gasteiger partial charge on any atom is 0.100 e. The Labute approximate surface area is 129 Å². The molecule has 108 valence electrons. The fourth-order valence-electron chi connectivity index (χ4n) is 2.51. The van der Waals surface area contributed by atoms with Crippen LogP contribution in [0.25, 0.3) is 16.7 Å². The average molecular weight is 300 g/mol. The summed E-state index contributed by atoms with van der Waals surface area (Å²) in [7, 11) is 0. The molecule has 3 rings (SSSR count). The monoisotopic (exact) mass is 299 g/mol. The fourth-order valence-corrected chi connectivity index (χ4v) is 2.78. The number of rotatable bonds is 3. The van der Waals surface area contributed by atoms with Crippen LogP contribution >= 0.6 is 11.6 Å². The first-order valence-corrected chi connectivity index (χ1v) is 7.41. The highest BCUT2D eigenvalue weighted by atomic mass is 35.5. The van der Waals surface area contributed by atoms with Gasteiger partial charge >= 0.3 is 0 Å². The highest BCUT2D eigenvalue weighted by molar-refractivity contribution is 6.31. The van der Waals surface area contributed by atoms with Crippen molar-refractivity contribution in [2.45, 2.75) is 20.3 Å². The number of imidazole rings is 1. The van der Waals surface area contributed by atoms with E-state index < -0.39 is 0 Å². The fraction of sp³-hybridized carbons (Fsp3) is 0.235. The van der Waals surface area contributed by atoms with E-state index in [4.69, 9.17) is 17.3 Å². The number of aryl methyl sites for hydroxylation is 2. The van der Waals surface area contributed by atoms with Gasteiger partial charge in [-0.3, -0.25) is 4.57 Å². The van der Waals surface area contributed by atoms with Crippen LogP contribution in [0, 0.1) is 13.8 Å². The molecule has 0 aliphatic heterocycles. The largest absolute Gasteiger partial charge is 0.330 e. The summed E-state index contributed by atoms with van der Waals surface area (Å²) in [5.41, 5.74) is 12.3. The van der Waals surface area contributed by atoms with E-state index in [1.807, 2.05) is 18.5 Å². The standard InChI is InChI=1S/C17H18ClN3/c1-11-7-16-17(8-12(11)2)21(10-20-16)14-4-3-13(5-6-19)15(18)9-14/h3-4,7-10H,5-6,19H2,1-2H3. The van der Waals surface area contributed by atoms with Crippen molar-refractivity contribution < 1.29 is 0 Å². The molecule has 3 nitrogen and oxygen atoms in total. The Bertz CT molecular complexity index is 805. The molecule has 1 aromatic heterocycles. The third-order valence-corrected chi connectivity index (χ3v) is 4.24. The first-order valence-electron chi connectivity index (χ1n) is 7.03. The molecule has 0 saturated carbocycles. The van der Waals surface area contributed by atoms with Crippen molar-refractivity contribution in [2.24, 2.45) is 5.73 Å². The van der Waals surface area contributed by atoms with Gasteiger partial charge in [-0.2, -0.15) is 0 Å². The van der Waals surface area contributed by atoms with Crippen molar-refractivity contribution in [3.05, 3.63) is 58.4 Å². The van der Waals surface area contributed by atoms with Crippen molar-refractivity contribution in [3.8, 4) is 5.69 Å². The topological polar surface area (TPSA) is 43.8 Å². The summed E-state index contributed by atoms with van der Waals surface area (Å²) in [4.78, 5) is 4.49. The molecular formula is C17H18ClN3. The van der Waals surface area contributed by atoms with E-state index in [-0.39, 0.29) is 0 Å². The van der Waals surface area contributed by atoms with E-state index >= 15 is 0 Å². The Hall–Kier alpha value is -1.84. The van der Waals surface area contributed by atoms with Gasteiger partial charge in [0.05, 0.1) is 11.0 Å². The van der Waals surface area contributed by atoms with E-state index in [1.165, 1.54) is 11.1 Å². The van der Waals surface area contributed by atoms with Gasteiger partial charge in [-0.1, -0.05) is 17.7 Å². The Morgan fingerprint density at radius 2 is 1.90 bits per heavy atom. The molecule has 1 heterocycles. The Morgan fingerprint density at radius 1 is 1.14 bits per heavy atom. The van der Waals surface area contributed by atoms with Gasteiger partial charge < -0.3 is 5.73 Å². The number of fused-ring (bicyclic) bond motifs is 1. The molecule has 0 bridgehead atoms. The van der Waals surface area contributed by atoms with Gasteiger partial charge in [0.25, 0.3) is 0 Å². The third-order valence-electron chi connectivity index (χ3n) is 3.89. The van der Waals surface area contributed by atoms with Crippen LogP contribution in [0.5, 0.6) is 0 Å². The van der Waals surface area contributed by atoms with Crippen LogP contribution in [-0.2, 0) is 6.42 Å². The number of benzene rings is 2. The molecule has 0 atom stereocenters. The smallest absolute Gasteiger partial charge is 0.100 e. The van der Waals surface area contributed by atoms with Crippen molar-refractivity contribution in [1.82, 2.24) is 9.55 Å². The van der Waals surface area contributed by atoms with Gasteiger partial charge in [0, 0.05) is 10.7 Å². The molecule has 0 amide bonds. The van der Waals surface area contributed by atoms with Gasteiger partial charge in [0.15, 0.2) is 0 Å². The van der Waals surface area contributed by atoms with Crippen LogP contribution < -0.4 is 5.73 Å². The van der Waals surface area contributed by atoms with Crippen LogP contribution in [0.2, 0.25) is 5.02 Å². The Kier molecular flexibility index (Phi) is 3.70. The number of halogens is 1. The lowest BCUT2D eigenvalue weighted by atomic mass is 10.1. The second-order valence-corrected chi connectivity index (χ2v) is 5.76. The van der Waals surface area contributed by atoms with Crippen LogP contribution in [0.4, 0.5) is 0 Å². The number of hydrogen-bond donors (Lipinski definition) is 1. The van der Waals surface area contributed by atoms with Crippen LogP contribution in [0.1, 0.15) is 16.7 Å². The number of nitrogens with zero attached hydrogens (tertiary/aromatic N) is 2. The molecule has 0 saturated heterocycles. The lowest BCUT2D eigenvalue weighted by Gasteiger charge is -2.09. The van der Waals surface area contributed by atoms with E-state index in [0.29, 0.717) is 6.54 Å². The highest BCUT2D eigenvalue weighted by Crippen LogP contribution is 2.25. The zero-order valence-electron chi connectivity index (χ0n) is 12.2. The SMILES string of the molecule is Cc1cc2ncn(-c3ccc(CCN)c(Cl)c3)c2cc1C. The molecule has 3 aromatic rings. The predicted octanol–water partition coefficient (Wildman–Crippen LogP) is 3.80. The summed E-state index contributed by atoms with van der Waals surface area (Å²) in [6, 6.07) is 10.4. The quantitative estimate of drug-likeness (QED) is 0.799. The number of nitrogens with two attached hydrogens (primary N) is 1. The van der Waals surface area contributed by atoms with Crippen molar-refractivity contribution in [2.75, 3.05) is 6.54 Å². The van der Waals surface area contributed by atoms with E-state index in [1.54, 1.807) is 0 Å². The second-order valence-electron chi connectivity index (χ2n) is 5.35. The van der Waals surface area contributed by atoms with Gasteiger partial charge in [-0.15, -0.1) is 0 Å². The molecular weight excluding hydrogens is 282 g/mol.